The van der Waals surface area contributed by atoms with Crippen LogP contribution < -0.4 is 8.92 Å². The number of ether oxygens (including phenoxy) is 1. The summed E-state index contributed by atoms with van der Waals surface area (Å²) in [7, 11) is -3.37. The van der Waals surface area contributed by atoms with Crippen LogP contribution in [0.3, 0.4) is 0 Å². The quantitative estimate of drug-likeness (QED) is 0.805. The molecule has 0 radical (unpaired) electrons. The van der Waals surface area contributed by atoms with E-state index in [1.165, 1.54) is 31.4 Å². The molecule has 0 atom stereocenters. The molecule has 22 heavy (non-hydrogen) atoms. The minimum atomic E-state index is -4.81. The smallest absolute Gasteiger partial charge is 0.417 e. The van der Waals surface area contributed by atoms with Crippen LogP contribution in [0.1, 0.15) is 5.56 Å². The largest absolute Gasteiger partial charge is 0.493 e. The Balaban J connectivity index is 2.49. The Morgan fingerprint density at radius 3 is 2.05 bits per heavy atom. The standard InChI is InChI=1S/C14H11F3O4S/c1-20-11-7-3-4-8-12(11)21-22(18,19)13-9-5-2-6-10(13)14(15,16)17/h2-9H,1H3. The van der Waals surface area contributed by atoms with E-state index >= 15 is 0 Å². The van der Waals surface area contributed by atoms with Crippen molar-refractivity contribution in [1.29, 1.82) is 0 Å². The topological polar surface area (TPSA) is 52.6 Å². The molecule has 0 aromatic heterocycles. The Morgan fingerprint density at radius 1 is 0.909 bits per heavy atom. The highest BCUT2D eigenvalue weighted by Gasteiger charge is 2.37. The van der Waals surface area contributed by atoms with Gasteiger partial charge in [-0.3, -0.25) is 0 Å². The first-order valence-corrected chi connectivity index (χ1v) is 7.40. The third kappa shape index (κ3) is 3.33. The number of hydrogen-bond acceptors (Lipinski definition) is 4. The third-order valence-corrected chi connectivity index (χ3v) is 4.02. The Hall–Kier alpha value is -2.22. The number of para-hydroxylation sites is 2. The molecule has 2 aromatic carbocycles. The van der Waals surface area contributed by atoms with Crippen LogP contribution in [-0.2, 0) is 16.3 Å². The Labute approximate surface area is 125 Å². The van der Waals surface area contributed by atoms with Gasteiger partial charge in [0.15, 0.2) is 11.5 Å². The Kier molecular flexibility index (Phi) is 4.32. The molecule has 0 unspecified atom stereocenters. The molecule has 0 spiro atoms. The van der Waals surface area contributed by atoms with Crippen molar-refractivity contribution in [2.75, 3.05) is 7.11 Å². The lowest BCUT2D eigenvalue weighted by Gasteiger charge is -2.14. The maximum absolute atomic E-state index is 12.9. The Bertz CT molecular complexity index is 770. The second-order valence-electron chi connectivity index (χ2n) is 4.18. The van der Waals surface area contributed by atoms with Crippen molar-refractivity contribution in [3.05, 3.63) is 54.1 Å². The van der Waals surface area contributed by atoms with Gasteiger partial charge in [0.25, 0.3) is 0 Å². The molecule has 118 valence electrons. The Morgan fingerprint density at radius 2 is 1.45 bits per heavy atom. The number of methoxy groups -OCH3 is 1. The fraction of sp³-hybridized carbons (Fsp3) is 0.143. The zero-order valence-corrected chi connectivity index (χ0v) is 12.1. The molecule has 0 fully saturated rings. The first-order chi connectivity index (χ1) is 10.3. The minimum Gasteiger partial charge on any atom is -0.493 e. The van der Waals surface area contributed by atoms with Gasteiger partial charge in [-0.1, -0.05) is 24.3 Å². The molecule has 2 aromatic rings. The maximum Gasteiger partial charge on any atom is 0.417 e. The van der Waals surface area contributed by atoms with E-state index in [1.807, 2.05) is 0 Å². The van der Waals surface area contributed by atoms with Crippen molar-refractivity contribution in [2.24, 2.45) is 0 Å². The molecule has 0 aliphatic heterocycles. The van der Waals surface area contributed by atoms with Crippen molar-refractivity contribution in [3.8, 4) is 11.5 Å². The van der Waals surface area contributed by atoms with Gasteiger partial charge in [0, 0.05) is 0 Å². The van der Waals surface area contributed by atoms with E-state index in [4.69, 9.17) is 8.92 Å². The lowest BCUT2D eigenvalue weighted by Crippen LogP contribution is -2.17. The summed E-state index contributed by atoms with van der Waals surface area (Å²) in [4.78, 5) is -0.951. The SMILES string of the molecule is COc1ccccc1OS(=O)(=O)c1ccccc1C(F)(F)F. The number of rotatable bonds is 4. The molecule has 0 aliphatic rings. The van der Waals surface area contributed by atoms with E-state index in [2.05, 4.69) is 0 Å². The summed E-state index contributed by atoms with van der Waals surface area (Å²) in [6, 6.07) is 9.57. The molecule has 8 heteroatoms. The first-order valence-electron chi connectivity index (χ1n) is 5.99. The van der Waals surface area contributed by atoms with Gasteiger partial charge < -0.3 is 8.92 Å². The van der Waals surface area contributed by atoms with Crippen molar-refractivity contribution in [3.63, 3.8) is 0 Å². The average Bonchev–Trinajstić information content (AvgIpc) is 2.46. The van der Waals surface area contributed by atoms with Gasteiger partial charge >= 0.3 is 16.3 Å². The third-order valence-electron chi connectivity index (χ3n) is 2.73. The van der Waals surface area contributed by atoms with Crippen LogP contribution >= 0.6 is 0 Å². The van der Waals surface area contributed by atoms with E-state index in [1.54, 1.807) is 6.07 Å². The van der Waals surface area contributed by atoms with Crippen LogP contribution in [-0.4, -0.2) is 15.5 Å². The summed E-state index contributed by atoms with van der Waals surface area (Å²) in [5.74, 6) is -0.0995. The predicted octanol–water partition coefficient (Wildman–Crippen LogP) is 3.48. The average molecular weight is 332 g/mol. The van der Waals surface area contributed by atoms with Crippen LogP contribution in [0, 0.1) is 0 Å². The van der Waals surface area contributed by atoms with Crippen LogP contribution in [0.25, 0.3) is 0 Å². The van der Waals surface area contributed by atoms with Crippen molar-refractivity contribution in [1.82, 2.24) is 0 Å². The number of alkyl halides is 3. The van der Waals surface area contributed by atoms with Gasteiger partial charge in [-0.2, -0.15) is 21.6 Å². The highest BCUT2D eigenvalue weighted by atomic mass is 32.2. The van der Waals surface area contributed by atoms with Crippen LogP contribution in [0.5, 0.6) is 11.5 Å². The summed E-state index contributed by atoms with van der Waals surface area (Å²) in [5, 5.41) is 0. The van der Waals surface area contributed by atoms with E-state index in [0.717, 1.165) is 12.1 Å². The van der Waals surface area contributed by atoms with E-state index < -0.39 is 26.8 Å². The molecule has 0 saturated heterocycles. The van der Waals surface area contributed by atoms with Gasteiger partial charge in [0.05, 0.1) is 12.7 Å². The van der Waals surface area contributed by atoms with Crippen molar-refractivity contribution >= 4 is 10.1 Å². The monoisotopic (exact) mass is 332 g/mol. The van der Waals surface area contributed by atoms with Crippen molar-refractivity contribution < 1.29 is 30.5 Å². The molecule has 0 saturated carbocycles. The fourth-order valence-corrected chi connectivity index (χ4v) is 2.93. The van der Waals surface area contributed by atoms with Gasteiger partial charge in [0.1, 0.15) is 4.90 Å². The highest BCUT2D eigenvalue weighted by molar-refractivity contribution is 7.87. The molecular formula is C14H11F3O4S. The first kappa shape index (κ1) is 16.2. The van der Waals surface area contributed by atoms with E-state index in [0.29, 0.717) is 6.07 Å². The minimum absolute atomic E-state index is 0.0931. The van der Waals surface area contributed by atoms with Crippen LogP contribution in [0.2, 0.25) is 0 Å². The molecule has 0 amide bonds. The number of halogens is 3. The molecule has 0 N–H and O–H groups in total. The maximum atomic E-state index is 12.9. The van der Waals surface area contributed by atoms with E-state index in [9.17, 15) is 21.6 Å². The van der Waals surface area contributed by atoms with Gasteiger partial charge in [-0.25, -0.2) is 0 Å². The molecule has 0 aliphatic carbocycles. The highest BCUT2D eigenvalue weighted by Crippen LogP contribution is 2.36. The second kappa shape index (κ2) is 5.88. The van der Waals surface area contributed by atoms with Gasteiger partial charge in [-0.05, 0) is 24.3 Å². The lowest BCUT2D eigenvalue weighted by molar-refractivity contribution is -0.139. The van der Waals surface area contributed by atoms with Crippen molar-refractivity contribution in [2.45, 2.75) is 11.1 Å². The van der Waals surface area contributed by atoms with E-state index in [-0.39, 0.29) is 11.5 Å². The lowest BCUT2D eigenvalue weighted by atomic mass is 10.2. The summed E-state index contributed by atoms with van der Waals surface area (Å²) < 4.78 is 72.8. The molecule has 0 heterocycles. The van der Waals surface area contributed by atoms with Crippen LogP contribution in [0.15, 0.2) is 53.4 Å². The summed E-state index contributed by atoms with van der Waals surface area (Å²) in [5.41, 5.74) is -1.29. The zero-order valence-electron chi connectivity index (χ0n) is 11.3. The number of benzene rings is 2. The predicted molar refractivity (Wildman–Crippen MR) is 72.3 cm³/mol. The summed E-state index contributed by atoms with van der Waals surface area (Å²) in [6.07, 6.45) is -4.81. The van der Waals surface area contributed by atoms with Gasteiger partial charge in [-0.15, -0.1) is 0 Å². The summed E-state index contributed by atoms with van der Waals surface area (Å²) in [6.45, 7) is 0. The zero-order chi connectivity index (χ0) is 16.4. The fourth-order valence-electron chi connectivity index (χ4n) is 1.77. The summed E-state index contributed by atoms with van der Waals surface area (Å²) >= 11 is 0. The molecular weight excluding hydrogens is 321 g/mol. The normalized spacial score (nSPS) is 12.0. The van der Waals surface area contributed by atoms with Gasteiger partial charge in [0.2, 0.25) is 0 Å². The molecule has 0 bridgehead atoms. The molecule has 2 rings (SSSR count). The van der Waals surface area contributed by atoms with Crippen LogP contribution in [0.4, 0.5) is 13.2 Å². The molecule has 4 nitrogen and oxygen atoms in total. The second-order valence-corrected chi connectivity index (χ2v) is 5.70. The number of hydrogen-bond donors (Lipinski definition) is 0.